The maximum atomic E-state index is 13.3. The molecule has 5 heteroatoms. The summed E-state index contributed by atoms with van der Waals surface area (Å²) in [6, 6.07) is 0.00727. The molecule has 96 valence electrons. The van der Waals surface area contributed by atoms with Crippen molar-refractivity contribution in [3.8, 4) is 0 Å². The van der Waals surface area contributed by atoms with Crippen LogP contribution in [0.5, 0.6) is 0 Å². The van der Waals surface area contributed by atoms with E-state index < -0.39 is 5.92 Å². The summed E-state index contributed by atoms with van der Waals surface area (Å²) in [5.74, 6) is -1.58. The molecule has 2 atom stereocenters. The summed E-state index contributed by atoms with van der Waals surface area (Å²) >= 11 is 0. The van der Waals surface area contributed by atoms with E-state index in [4.69, 9.17) is 4.42 Å². The molecular formula is C12H18F2N2O. The van der Waals surface area contributed by atoms with Gasteiger partial charge in [0, 0.05) is 18.8 Å². The first kappa shape index (κ1) is 12.5. The van der Waals surface area contributed by atoms with Crippen molar-refractivity contribution in [2.24, 2.45) is 0 Å². The molecule has 0 spiro atoms. The molecule has 0 radical (unpaired) electrons. The molecule has 17 heavy (non-hydrogen) atoms. The Hall–Kier alpha value is -0.970. The fraction of sp³-hybridized carbons (Fsp3) is 0.750. The van der Waals surface area contributed by atoms with Crippen LogP contribution in [0.25, 0.3) is 0 Å². The normalized spacial score (nSPS) is 25.8. The van der Waals surface area contributed by atoms with Gasteiger partial charge in [0.05, 0.1) is 12.2 Å². The van der Waals surface area contributed by atoms with Crippen molar-refractivity contribution in [1.29, 1.82) is 0 Å². The monoisotopic (exact) mass is 244 g/mol. The van der Waals surface area contributed by atoms with E-state index >= 15 is 0 Å². The van der Waals surface area contributed by atoms with Crippen molar-refractivity contribution in [2.45, 2.75) is 50.5 Å². The van der Waals surface area contributed by atoms with Crippen molar-refractivity contribution in [3.05, 3.63) is 17.8 Å². The van der Waals surface area contributed by atoms with Crippen molar-refractivity contribution in [3.63, 3.8) is 0 Å². The maximum Gasteiger partial charge on any atom is 0.248 e. The number of nitrogens with zero attached hydrogens (tertiary/aromatic N) is 1. The van der Waals surface area contributed by atoms with E-state index in [0.29, 0.717) is 18.1 Å². The van der Waals surface area contributed by atoms with E-state index in [0.717, 1.165) is 6.42 Å². The largest absolute Gasteiger partial charge is 0.444 e. The Morgan fingerprint density at radius 1 is 1.59 bits per heavy atom. The highest BCUT2D eigenvalue weighted by Gasteiger charge is 2.38. The summed E-state index contributed by atoms with van der Waals surface area (Å²) in [5.41, 5.74) is 0. The van der Waals surface area contributed by atoms with Gasteiger partial charge in [0.2, 0.25) is 11.8 Å². The smallest absolute Gasteiger partial charge is 0.248 e. The number of rotatable bonds is 3. The number of hydrogen-bond acceptors (Lipinski definition) is 3. The Balaban J connectivity index is 2.09. The first-order chi connectivity index (χ1) is 8.02. The zero-order chi connectivity index (χ0) is 12.5. The number of nitrogens with one attached hydrogen (secondary N) is 1. The molecule has 1 heterocycles. The van der Waals surface area contributed by atoms with Gasteiger partial charge in [0.15, 0.2) is 0 Å². The Morgan fingerprint density at radius 2 is 2.35 bits per heavy atom. The first-order valence-electron chi connectivity index (χ1n) is 6.02. The molecule has 0 aromatic carbocycles. The molecule has 1 fully saturated rings. The molecule has 1 saturated carbocycles. The second-order valence-corrected chi connectivity index (χ2v) is 4.76. The Bertz CT molecular complexity index is 378. The van der Waals surface area contributed by atoms with Gasteiger partial charge in [-0.05, 0) is 26.8 Å². The van der Waals surface area contributed by atoms with Gasteiger partial charge >= 0.3 is 0 Å². The van der Waals surface area contributed by atoms with E-state index in [1.54, 1.807) is 6.20 Å². The van der Waals surface area contributed by atoms with Crippen molar-refractivity contribution >= 4 is 0 Å². The van der Waals surface area contributed by atoms with Crippen LogP contribution in [0.4, 0.5) is 8.78 Å². The van der Waals surface area contributed by atoms with Crippen LogP contribution in [-0.2, 0) is 0 Å². The molecule has 1 aliphatic carbocycles. The zero-order valence-corrected chi connectivity index (χ0v) is 10.2. The van der Waals surface area contributed by atoms with E-state index in [1.165, 1.54) is 0 Å². The van der Waals surface area contributed by atoms with Crippen LogP contribution in [0.2, 0.25) is 0 Å². The van der Waals surface area contributed by atoms with Gasteiger partial charge in [-0.1, -0.05) is 0 Å². The van der Waals surface area contributed by atoms with Crippen LogP contribution in [0, 0.1) is 0 Å². The molecule has 0 bridgehead atoms. The van der Waals surface area contributed by atoms with Crippen molar-refractivity contribution < 1.29 is 13.2 Å². The minimum Gasteiger partial charge on any atom is -0.444 e. The van der Waals surface area contributed by atoms with Crippen LogP contribution >= 0.6 is 0 Å². The highest BCUT2D eigenvalue weighted by molar-refractivity contribution is 5.06. The lowest BCUT2D eigenvalue weighted by Gasteiger charge is -2.27. The van der Waals surface area contributed by atoms with Gasteiger partial charge in [-0.25, -0.2) is 13.8 Å². The summed E-state index contributed by atoms with van der Waals surface area (Å²) in [7, 11) is 1.81. The topological polar surface area (TPSA) is 38.1 Å². The predicted octanol–water partition coefficient (Wildman–Crippen LogP) is 3.25. The minimum atomic E-state index is -2.55. The third-order valence-corrected chi connectivity index (χ3v) is 3.39. The molecule has 1 aromatic heterocycles. The quantitative estimate of drug-likeness (QED) is 0.887. The number of hydrogen-bond donors (Lipinski definition) is 1. The van der Waals surface area contributed by atoms with E-state index in [2.05, 4.69) is 10.3 Å². The van der Waals surface area contributed by atoms with Crippen molar-refractivity contribution in [2.75, 3.05) is 7.05 Å². The van der Waals surface area contributed by atoms with Gasteiger partial charge in [-0.2, -0.15) is 0 Å². The predicted molar refractivity (Wildman–Crippen MR) is 60.1 cm³/mol. The molecule has 0 amide bonds. The van der Waals surface area contributed by atoms with E-state index in [-0.39, 0.29) is 24.8 Å². The third-order valence-electron chi connectivity index (χ3n) is 3.39. The van der Waals surface area contributed by atoms with E-state index in [1.807, 2.05) is 14.0 Å². The van der Waals surface area contributed by atoms with Gasteiger partial charge in [0.1, 0.15) is 5.76 Å². The second-order valence-electron chi connectivity index (χ2n) is 4.76. The Morgan fingerprint density at radius 3 is 3.00 bits per heavy atom. The summed E-state index contributed by atoms with van der Waals surface area (Å²) in [6.07, 6.45) is 2.79. The lowest BCUT2D eigenvalue weighted by molar-refractivity contribution is -0.0430. The van der Waals surface area contributed by atoms with Crippen LogP contribution in [0.15, 0.2) is 10.6 Å². The van der Waals surface area contributed by atoms with Gasteiger partial charge in [-0.3, -0.25) is 0 Å². The minimum absolute atomic E-state index is 0.00257. The lowest BCUT2D eigenvalue weighted by Crippen LogP contribution is -2.24. The summed E-state index contributed by atoms with van der Waals surface area (Å²) in [5, 5.41) is 3.01. The highest BCUT2D eigenvalue weighted by Crippen LogP contribution is 2.41. The van der Waals surface area contributed by atoms with Crippen LogP contribution in [0.3, 0.4) is 0 Å². The van der Waals surface area contributed by atoms with Crippen LogP contribution in [0.1, 0.15) is 56.2 Å². The SMILES string of the molecule is CNC(C)c1ncc(C2CCCC(F)(F)C2)o1. The highest BCUT2D eigenvalue weighted by atomic mass is 19.3. The molecular weight excluding hydrogens is 226 g/mol. The number of oxazole rings is 1. The Labute approximate surface area is 99.6 Å². The van der Waals surface area contributed by atoms with Gasteiger partial charge in [-0.15, -0.1) is 0 Å². The average molecular weight is 244 g/mol. The standard InChI is InChI=1S/C12H18F2N2O/c1-8(15-2)11-16-7-10(17-11)9-4-3-5-12(13,14)6-9/h7-9,15H,3-6H2,1-2H3. The third kappa shape index (κ3) is 2.83. The molecule has 0 saturated heterocycles. The number of halogens is 2. The average Bonchev–Trinajstić information content (AvgIpc) is 2.76. The maximum absolute atomic E-state index is 13.3. The molecule has 2 rings (SSSR count). The summed E-state index contributed by atoms with van der Waals surface area (Å²) in [6.45, 7) is 1.92. The molecule has 1 N–H and O–H groups in total. The van der Waals surface area contributed by atoms with E-state index in [9.17, 15) is 8.78 Å². The van der Waals surface area contributed by atoms with Gasteiger partial charge < -0.3 is 9.73 Å². The lowest BCUT2D eigenvalue weighted by atomic mass is 9.85. The Kier molecular flexibility index (Phi) is 3.47. The number of aromatic nitrogens is 1. The van der Waals surface area contributed by atoms with Crippen molar-refractivity contribution in [1.82, 2.24) is 10.3 Å². The number of alkyl halides is 2. The first-order valence-corrected chi connectivity index (χ1v) is 6.02. The van der Waals surface area contributed by atoms with Gasteiger partial charge in [0.25, 0.3) is 0 Å². The fourth-order valence-corrected chi connectivity index (χ4v) is 2.23. The summed E-state index contributed by atoms with van der Waals surface area (Å²) < 4.78 is 32.2. The fourth-order valence-electron chi connectivity index (χ4n) is 2.23. The van der Waals surface area contributed by atoms with Crippen LogP contribution in [-0.4, -0.2) is 18.0 Å². The molecule has 1 aliphatic rings. The molecule has 2 unspecified atom stereocenters. The molecule has 1 aromatic rings. The second kappa shape index (κ2) is 4.72. The zero-order valence-electron chi connectivity index (χ0n) is 10.2. The van der Waals surface area contributed by atoms with Crippen LogP contribution < -0.4 is 5.32 Å². The molecule has 3 nitrogen and oxygen atoms in total. The summed E-state index contributed by atoms with van der Waals surface area (Å²) in [4.78, 5) is 4.14. The molecule has 0 aliphatic heterocycles.